The van der Waals surface area contributed by atoms with E-state index in [1.54, 1.807) is 13.8 Å². The van der Waals surface area contributed by atoms with Gasteiger partial charge in [-0.3, -0.25) is 9.59 Å². The number of nitrogens with zero attached hydrogens (tertiary/aromatic N) is 1. The van der Waals surface area contributed by atoms with E-state index in [4.69, 9.17) is 5.73 Å². The van der Waals surface area contributed by atoms with Gasteiger partial charge in [0.2, 0.25) is 11.8 Å². The third-order valence-electron chi connectivity index (χ3n) is 3.45. The van der Waals surface area contributed by atoms with E-state index in [0.717, 1.165) is 12.1 Å². The third-order valence-corrected chi connectivity index (χ3v) is 3.45. The van der Waals surface area contributed by atoms with Crippen molar-refractivity contribution in [3.8, 4) is 0 Å². The Hall–Kier alpha value is -1.80. The Bertz CT molecular complexity index is 567. The first-order chi connectivity index (χ1) is 10.7. The van der Waals surface area contributed by atoms with Crippen LogP contribution in [0.3, 0.4) is 0 Å². The van der Waals surface area contributed by atoms with E-state index in [-0.39, 0.29) is 31.4 Å². The summed E-state index contributed by atoms with van der Waals surface area (Å²) in [6.07, 6.45) is -4.44. The van der Waals surface area contributed by atoms with Crippen molar-refractivity contribution in [2.75, 3.05) is 19.6 Å². The summed E-state index contributed by atoms with van der Waals surface area (Å²) >= 11 is 0. The average Bonchev–Trinajstić information content (AvgIpc) is 2.52. The maximum Gasteiger partial charge on any atom is 0.416 e. The number of carbonyl (C=O) groups is 2. The van der Waals surface area contributed by atoms with Crippen LogP contribution in [0, 0.1) is 0 Å². The number of alkyl halides is 3. The van der Waals surface area contributed by atoms with E-state index < -0.39 is 23.7 Å². The lowest BCUT2D eigenvalue weighted by Gasteiger charge is -2.29. The zero-order valence-electron chi connectivity index (χ0n) is 13.4. The Morgan fingerprint density at radius 1 is 1.33 bits per heavy atom. The first-order valence-corrected chi connectivity index (χ1v) is 7.14. The molecule has 0 aliphatic rings. The van der Waals surface area contributed by atoms with Crippen LogP contribution in [0.25, 0.3) is 0 Å². The largest absolute Gasteiger partial charge is 0.416 e. The van der Waals surface area contributed by atoms with Gasteiger partial charge in [-0.15, -0.1) is 12.4 Å². The Labute approximate surface area is 144 Å². The molecular formula is C15H21ClF3N3O2. The Morgan fingerprint density at radius 2 is 1.96 bits per heavy atom. The van der Waals surface area contributed by atoms with E-state index >= 15 is 0 Å². The van der Waals surface area contributed by atoms with E-state index in [2.05, 4.69) is 5.32 Å². The molecule has 0 fully saturated rings. The molecule has 136 valence electrons. The molecule has 2 amide bonds. The zero-order chi connectivity index (χ0) is 17.6. The molecule has 0 aliphatic heterocycles. The van der Waals surface area contributed by atoms with Crippen LogP contribution in [-0.4, -0.2) is 36.3 Å². The molecule has 1 rings (SSSR count). The molecule has 0 heterocycles. The van der Waals surface area contributed by atoms with Gasteiger partial charge >= 0.3 is 6.18 Å². The van der Waals surface area contributed by atoms with Crippen molar-refractivity contribution in [2.45, 2.75) is 26.1 Å². The highest BCUT2D eigenvalue weighted by atomic mass is 35.5. The molecule has 1 atom stereocenters. The normalized spacial score (nSPS) is 12.1. The molecule has 0 bridgehead atoms. The first kappa shape index (κ1) is 22.2. The van der Waals surface area contributed by atoms with Gasteiger partial charge in [0.05, 0.1) is 24.7 Å². The topological polar surface area (TPSA) is 75.4 Å². The predicted octanol–water partition coefficient (Wildman–Crippen LogP) is 2.11. The second-order valence-corrected chi connectivity index (χ2v) is 4.96. The fraction of sp³-hybridized carbons (Fsp3) is 0.467. The fourth-order valence-electron chi connectivity index (χ4n) is 2.17. The number of carbonyl (C=O) groups excluding carboxylic acids is 2. The highest BCUT2D eigenvalue weighted by Gasteiger charge is 2.31. The number of likely N-dealkylation sites (N-methyl/N-ethyl adjacent to an activating group) is 1. The highest BCUT2D eigenvalue weighted by molar-refractivity contribution is 5.86. The minimum Gasteiger partial charge on any atom is -0.346 e. The maximum atomic E-state index is 12.8. The second kappa shape index (κ2) is 9.48. The molecule has 0 radical (unpaired) electrons. The molecule has 5 nitrogen and oxygen atoms in total. The molecule has 1 aromatic carbocycles. The van der Waals surface area contributed by atoms with Crippen molar-refractivity contribution >= 4 is 24.2 Å². The standard InChI is InChI=1S/C15H20F3N3O2.ClH/c1-3-21(14(23)9-20-13(22)8-19)10(2)11-5-4-6-12(7-11)15(16,17)18;/h4-7,10H,3,8-9,19H2,1-2H3,(H,20,22);1H. The number of benzene rings is 1. The van der Waals surface area contributed by atoms with Gasteiger partial charge in [-0.2, -0.15) is 13.2 Å². The van der Waals surface area contributed by atoms with Gasteiger partial charge in [0.1, 0.15) is 0 Å². The van der Waals surface area contributed by atoms with Gasteiger partial charge in [0, 0.05) is 6.54 Å². The van der Waals surface area contributed by atoms with Crippen LogP contribution in [0.4, 0.5) is 13.2 Å². The summed E-state index contributed by atoms with van der Waals surface area (Å²) in [4.78, 5) is 24.6. The first-order valence-electron chi connectivity index (χ1n) is 7.14. The van der Waals surface area contributed by atoms with Crippen molar-refractivity contribution in [3.63, 3.8) is 0 Å². The van der Waals surface area contributed by atoms with Gasteiger partial charge in [-0.05, 0) is 31.5 Å². The highest BCUT2D eigenvalue weighted by Crippen LogP contribution is 2.31. The lowest BCUT2D eigenvalue weighted by atomic mass is 10.0. The molecule has 3 N–H and O–H groups in total. The minimum absolute atomic E-state index is 0. The number of halogens is 4. The van der Waals surface area contributed by atoms with E-state index in [0.29, 0.717) is 12.1 Å². The van der Waals surface area contributed by atoms with E-state index in [1.165, 1.54) is 17.0 Å². The van der Waals surface area contributed by atoms with Crippen LogP contribution in [-0.2, 0) is 15.8 Å². The van der Waals surface area contributed by atoms with E-state index in [9.17, 15) is 22.8 Å². The summed E-state index contributed by atoms with van der Waals surface area (Å²) in [6, 6.07) is 4.30. The molecule has 9 heteroatoms. The number of rotatable bonds is 6. The smallest absolute Gasteiger partial charge is 0.346 e. The number of amides is 2. The fourth-order valence-corrected chi connectivity index (χ4v) is 2.17. The van der Waals surface area contributed by atoms with Gasteiger partial charge < -0.3 is 16.0 Å². The molecule has 0 aliphatic carbocycles. The van der Waals surface area contributed by atoms with E-state index in [1.807, 2.05) is 0 Å². The Balaban J connectivity index is 0.00000529. The van der Waals surface area contributed by atoms with Crippen molar-refractivity contribution < 1.29 is 22.8 Å². The van der Waals surface area contributed by atoms with Crippen LogP contribution in [0.2, 0.25) is 0 Å². The third kappa shape index (κ3) is 6.01. The van der Waals surface area contributed by atoms with Crippen molar-refractivity contribution in [2.24, 2.45) is 5.73 Å². The molecule has 1 unspecified atom stereocenters. The summed E-state index contributed by atoms with van der Waals surface area (Å²) in [5, 5.41) is 2.35. The Kier molecular flexibility index (Phi) is 8.77. The van der Waals surface area contributed by atoms with Crippen molar-refractivity contribution in [3.05, 3.63) is 35.4 Å². The van der Waals surface area contributed by atoms with Crippen LogP contribution in [0.5, 0.6) is 0 Å². The quantitative estimate of drug-likeness (QED) is 0.808. The monoisotopic (exact) mass is 367 g/mol. The number of hydrogen-bond donors (Lipinski definition) is 2. The van der Waals surface area contributed by atoms with Crippen molar-refractivity contribution in [1.29, 1.82) is 0 Å². The summed E-state index contributed by atoms with van der Waals surface area (Å²) < 4.78 is 38.3. The number of hydrogen-bond acceptors (Lipinski definition) is 3. The second-order valence-electron chi connectivity index (χ2n) is 4.96. The summed E-state index contributed by atoms with van der Waals surface area (Å²) in [7, 11) is 0. The summed E-state index contributed by atoms with van der Waals surface area (Å²) in [5.74, 6) is -0.861. The van der Waals surface area contributed by atoms with Gasteiger partial charge in [-0.25, -0.2) is 0 Å². The zero-order valence-corrected chi connectivity index (χ0v) is 14.2. The average molecular weight is 368 g/mol. The molecule has 0 saturated heterocycles. The SMILES string of the molecule is CCN(C(=O)CNC(=O)CN)C(C)c1cccc(C(F)(F)F)c1.Cl. The van der Waals surface area contributed by atoms with Gasteiger partial charge in [0.15, 0.2) is 0 Å². The maximum absolute atomic E-state index is 12.8. The number of nitrogens with two attached hydrogens (primary N) is 1. The molecule has 0 spiro atoms. The lowest BCUT2D eigenvalue weighted by molar-refractivity contribution is -0.137. The molecular weight excluding hydrogens is 347 g/mol. The van der Waals surface area contributed by atoms with Crippen LogP contribution < -0.4 is 11.1 Å². The van der Waals surface area contributed by atoms with Crippen LogP contribution >= 0.6 is 12.4 Å². The summed E-state index contributed by atoms with van der Waals surface area (Å²) in [6.45, 7) is 3.18. The van der Waals surface area contributed by atoms with Crippen LogP contribution in [0.1, 0.15) is 31.0 Å². The summed E-state index contributed by atoms with van der Waals surface area (Å²) in [5.41, 5.74) is 4.74. The predicted molar refractivity (Wildman–Crippen MR) is 86.6 cm³/mol. The molecule has 24 heavy (non-hydrogen) atoms. The molecule has 0 aromatic heterocycles. The van der Waals surface area contributed by atoms with Crippen LogP contribution in [0.15, 0.2) is 24.3 Å². The molecule has 1 aromatic rings. The lowest BCUT2D eigenvalue weighted by Crippen LogP contribution is -2.42. The van der Waals surface area contributed by atoms with Gasteiger partial charge in [0.25, 0.3) is 0 Å². The number of nitrogens with one attached hydrogen (secondary N) is 1. The van der Waals surface area contributed by atoms with Crippen molar-refractivity contribution in [1.82, 2.24) is 10.2 Å². The Morgan fingerprint density at radius 3 is 2.46 bits per heavy atom. The van der Waals surface area contributed by atoms with Gasteiger partial charge in [-0.1, -0.05) is 12.1 Å². The molecule has 0 saturated carbocycles. The minimum atomic E-state index is -4.44.